The predicted molar refractivity (Wildman–Crippen MR) is 80.2 cm³/mol. The summed E-state index contributed by atoms with van der Waals surface area (Å²) in [5, 5.41) is 0. The second-order valence-corrected chi connectivity index (χ2v) is 5.44. The van der Waals surface area contributed by atoms with Crippen molar-refractivity contribution in [2.45, 2.75) is 59.3 Å². The van der Waals surface area contributed by atoms with Crippen LogP contribution in [-0.4, -0.2) is 0 Å². The number of allylic oxidation sites excluding steroid dienone is 4. The molecule has 0 nitrogen and oxygen atoms in total. The van der Waals surface area contributed by atoms with Gasteiger partial charge in [-0.2, -0.15) is 0 Å². The number of unbranched alkanes of at least 4 members (excludes halogenated alkanes) is 2. The van der Waals surface area contributed by atoms with Gasteiger partial charge in [0, 0.05) is 0 Å². The Kier molecular flexibility index (Phi) is 9.90. The maximum Gasteiger partial charge on any atom is -0.0288 e. The van der Waals surface area contributed by atoms with Crippen molar-refractivity contribution >= 4 is 0 Å². The summed E-state index contributed by atoms with van der Waals surface area (Å²) in [5.41, 5.74) is 1.64. The largest absolute Gasteiger partial charge is 0.103 e. The Morgan fingerprint density at radius 1 is 1.06 bits per heavy atom. The normalized spacial score (nSPS) is 13.8. The minimum Gasteiger partial charge on any atom is -0.103 e. The van der Waals surface area contributed by atoms with Crippen molar-refractivity contribution in [3.63, 3.8) is 0 Å². The van der Waals surface area contributed by atoms with Crippen molar-refractivity contribution in [3.05, 3.63) is 37.0 Å². The molecular formula is C17H30. The molecule has 0 aromatic rings. The summed E-state index contributed by atoms with van der Waals surface area (Å²) in [7, 11) is 0. The lowest BCUT2D eigenvalue weighted by Crippen LogP contribution is -1.98. The topological polar surface area (TPSA) is 0 Å². The summed E-state index contributed by atoms with van der Waals surface area (Å²) >= 11 is 0. The van der Waals surface area contributed by atoms with Crippen LogP contribution < -0.4 is 0 Å². The first-order chi connectivity index (χ1) is 8.10. The van der Waals surface area contributed by atoms with E-state index in [-0.39, 0.29) is 0 Å². The Labute approximate surface area is 109 Å². The highest BCUT2D eigenvalue weighted by Crippen LogP contribution is 2.22. The van der Waals surface area contributed by atoms with E-state index in [9.17, 15) is 0 Å². The van der Waals surface area contributed by atoms with Crippen LogP contribution in [0.25, 0.3) is 0 Å². The molecule has 1 unspecified atom stereocenters. The van der Waals surface area contributed by atoms with Gasteiger partial charge in [0.2, 0.25) is 0 Å². The highest BCUT2D eigenvalue weighted by Gasteiger charge is 2.05. The fraction of sp³-hybridized carbons (Fsp3) is 0.647. The molecule has 0 bridgehead atoms. The first-order valence-electron chi connectivity index (χ1n) is 7.01. The summed E-state index contributed by atoms with van der Waals surface area (Å²) in [4.78, 5) is 0. The fourth-order valence-corrected chi connectivity index (χ4v) is 2.18. The van der Waals surface area contributed by atoms with Crippen molar-refractivity contribution in [1.82, 2.24) is 0 Å². The van der Waals surface area contributed by atoms with Crippen LogP contribution in [0.3, 0.4) is 0 Å². The van der Waals surface area contributed by atoms with E-state index >= 15 is 0 Å². The third-order valence-corrected chi connectivity index (χ3v) is 2.90. The van der Waals surface area contributed by atoms with Crippen molar-refractivity contribution in [1.29, 1.82) is 0 Å². The summed E-state index contributed by atoms with van der Waals surface area (Å²) < 4.78 is 0. The zero-order valence-corrected chi connectivity index (χ0v) is 12.0. The van der Waals surface area contributed by atoms with E-state index in [1.54, 1.807) is 5.57 Å². The Morgan fingerprint density at radius 2 is 1.76 bits per heavy atom. The van der Waals surface area contributed by atoms with E-state index < -0.39 is 0 Å². The lowest BCUT2D eigenvalue weighted by molar-refractivity contribution is 0.561. The van der Waals surface area contributed by atoms with E-state index in [4.69, 9.17) is 0 Å². The molecule has 0 aliphatic carbocycles. The van der Waals surface area contributed by atoms with Gasteiger partial charge < -0.3 is 0 Å². The SMILES string of the molecule is C=CCCCCC(=CC(C)C)CC(C)CC=C. The minimum absolute atomic E-state index is 0.667. The van der Waals surface area contributed by atoms with Gasteiger partial charge >= 0.3 is 0 Å². The summed E-state index contributed by atoms with van der Waals surface area (Å²) in [6.07, 6.45) is 13.8. The summed E-state index contributed by atoms with van der Waals surface area (Å²) in [6, 6.07) is 0. The van der Waals surface area contributed by atoms with Crippen LogP contribution in [0.2, 0.25) is 0 Å². The van der Waals surface area contributed by atoms with Gasteiger partial charge in [-0.05, 0) is 50.4 Å². The number of hydrogen-bond donors (Lipinski definition) is 0. The van der Waals surface area contributed by atoms with E-state index in [1.165, 1.54) is 25.7 Å². The monoisotopic (exact) mass is 234 g/mol. The maximum atomic E-state index is 3.82. The molecule has 0 heterocycles. The lowest BCUT2D eigenvalue weighted by atomic mass is 9.92. The lowest BCUT2D eigenvalue weighted by Gasteiger charge is -2.14. The third-order valence-electron chi connectivity index (χ3n) is 2.90. The Morgan fingerprint density at radius 3 is 2.29 bits per heavy atom. The van der Waals surface area contributed by atoms with Crippen molar-refractivity contribution in [3.8, 4) is 0 Å². The zero-order chi connectivity index (χ0) is 13.1. The molecule has 98 valence electrons. The molecule has 1 atom stereocenters. The van der Waals surface area contributed by atoms with Crippen LogP contribution in [0.15, 0.2) is 37.0 Å². The molecule has 0 N–H and O–H groups in total. The molecule has 0 fully saturated rings. The molecule has 0 radical (unpaired) electrons. The molecule has 0 aromatic heterocycles. The van der Waals surface area contributed by atoms with Crippen LogP contribution in [0.5, 0.6) is 0 Å². The van der Waals surface area contributed by atoms with Gasteiger partial charge in [0.1, 0.15) is 0 Å². The molecule has 0 heteroatoms. The molecule has 0 aromatic carbocycles. The second kappa shape index (κ2) is 10.4. The molecule has 0 saturated carbocycles. The fourth-order valence-electron chi connectivity index (χ4n) is 2.18. The van der Waals surface area contributed by atoms with Crippen LogP contribution in [0.4, 0.5) is 0 Å². The molecule has 0 aliphatic heterocycles. The highest BCUT2D eigenvalue weighted by atomic mass is 14.1. The number of hydrogen-bond acceptors (Lipinski definition) is 0. The van der Waals surface area contributed by atoms with Gasteiger partial charge in [0.25, 0.3) is 0 Å². The van der Waals surface area contributed by atoms with Crippen LogP contribution >= 0.6 is 0 Å². The van der Waals surface area contributed by atoms with Gasteiger partial charge in [-0.1, -0.05) is 44.6 Å². The van der Waals surface area contributed by atoms with Gasteiger partial charge in [0.05, 0.1) is 0 Å². The number of rotatable bonds is 10. The third kappa shape index (κ3) is 10.1. The van der Waals surface area contributed by atoms with Crippen molar-refractivity contribution < 1.29 is 0 Å². The quantitative estimate of drug-likeness (QED) is 0.325. The first kappa shape index (κ1) is 16.2. The summed E-state index contributed by atoms with van der Waals surface area (Å²) in [5.74, 6) is 1.40. The summed E-state index contributed by atoms with van der Waals surface area (Å²) in [6.45, 7) is 14.4. The van der Waals surface area contributed by atoms with E-state index in [0.717, 1.165) is 18.8 Å². The Bertz CT molecular complexity index is 232. The van der Waals surface area contributed by atoms with Crippen LogP contribution in [0, 0.1) is 11.8 Å². The van der Waals surface area contributed by atoms with Crippen LogP contribution in [-0.2, 0) is 0 Å². The molecule has 17 heavy (non-hydrogen) atoms. The first-order valence-corrected chi connectivity index (χ1v) is 7.01. The molecule has 0 saturated heterocycles. The average molecular weight is 234 g/mol. The maximum absolute atomic E-state index is 3.82. The smallest absolute Gasteiger partial charge is 0.0288 e. The predicted octanol–water partition coefficient (Wildman–Crippen LogP) is 5.92. The Hall–Kier alpha value is -0.780. The van der Waals surface area contributed by atoms with E-state index in [0.29, 0.717) is 5.92 Å². The van der Waals surface area contributed by atoms with Crippen molar-refractivity contribution in [2.24, 2.45) is 11.8 Å². The van der Waals surface area contributed by atoms with E-state index in [2.05, 4.69) is 40.0 Å². The highest BCUT2D eigenvalue weighted by molar-refractivity contribution is 5.04. The standard InChI is InChI=1S/C17H30/c1-6-8-9-10-12-17(13-15(3)4)14-16(5)11-7-2/h6-7,13,15-16H,1-2,8-12,14H2,3-5H3. The van der Waals surface area contributed by atoms with Crippen molar-refractivity contribution in [2.75, 3.05) is 0 Å². The van der Waals surface area contributed by atoms with Crippen LogP contribution in [0.1, 0.15) is 59.3 Å². The molecule has 0 spiro atoms. The van der Waals surface area contributed by atoms with Gasteiger partial charge in [-0.3, -0.25) is 0 Å². The minimum atomic E-state index is 0.667. The second-order valence-electron chi connectivity index (χ2n) is 5.44. The molecular weight excluding hydrogens is 204 g/mol. The van der Waals surface area contributed by atoms with E-state index in [1.807, 2.05) is 12.2 Å². The Balaban J connectivity index is 4.14. The van der Waals surface area contributed by atoms with Gasteiger partial charge in [-0.15, -0.1) is 13.2 Å². The zero-order valence-electron chi connectivity index (χ0n) is 12.0. The molecule has 0 rings (SSSR count). The molecule has 0 amide bonds. The van der Waals surface area contributed by atoms with Gasteiger partial charge in [-0.25, -0.2) is 0 Å². The molecule has 0 aliphatic rings. The average Bonchev–Trinajstić information content (AvgIpc) is 2.23. The van der Waals surface area contributed by atoms with Gasteiger partial charge in [0.15, 0.2) is 0 Å².